The molecular weight excluding hydrogens is 234 g/mol. The van der Waals surface area contributed by atoms with Gasteiger partial charge in [0.2, 0.25) is 0 Å². The maximum Gasteiger partial charge on any atom is 0.251 e. The first-order valence-corrected chi connectivity index (χ1v) is 6.30. The van der Waals surface area contributed by atoms with Crippen molar-refractivity contribution in [3.8, 4) is 0 Å². The molecule has 1 saturated heterocycles. The molecule has 0 aliphatic carbocycles. The van der Waals surface area contributed by atoms with Crippen LogP contribution in [0.2, 0.25) is 0 Å². The van der Waals surface area contributed by atoms with Crippen LogP contribution in [0.15, 0.2) is 29.2 Å². The predicted molar refractivity (Wildman–Crippen MR) is 69.5 cm³/mol. The van der Waals surface area contributed by atoms with Crippen LogP contribution in [0.25, 0.3) is 0 Å². The van der Waals surface area contributed by atoms with Gasteiger partial charge in [-0.25, -0.2) is 0 Å². The second-order valence-electron chi connectivity index (χ2n) is 4.39. The van der Waals surface area contributed by atoms with Crippen LogP contribution in [0.4, 0.5) is 0 Å². The second kappa shape index (κ2) is 5.56. The first-order chi connectivity index (χ1) is 8.16. The van der Waals surface area contributed by atoms with Gasteiger partial charge in [0.15, 0.2) is 0 Å². The van der Waals surface area contributed by atoms with Crippen molar-refractivity contribution in [2.75, 3.05) is 13.2 Å². The van der Waals surface area contributed by atoms with E-state index in [0.29, 0.717) is 18.0 Å². The largest absolute Gasteiger partial charge is 0.378 e. The minimum absolute atomic E-state index is 0.0417. The number of thiol groups is 1. The Morgan fingerprint density at radius 1 is 1.59 bits per heavy atom. The van der Waals surface area contributed by atoms with Crippen molar-refractivity contribution < 1.29 is 9.53 Å². The van der Waals surface area contributed by atoms with E-state index >= 15 is 0 Å². The monoisotopic (exact) mass is 251 g/mol. The van der Waals surface area contributed by atoms with Gasteiger partial charge in [0.25, 0.3) is 5.91 Å². The van der Waals surface area contributed by atoms with Crippen LogP contribution >= 0.6 is 12.6 Å². The van der Waals surface area contributed by atoms with Crippen molar-refractivity contribution in [2.45, 2.75) is 24.3 Å². The van der Waals surface area contributed by atoms with Crippen LogP contribution in [0.3, 0.4) is 0 Å². The third-order valence-corrected chi connectivity index (χ3v) is 3.44. The summed E-state index contributed by atoms with van der Waals surface area (Å²) in [7, 11) is 0. The average molecular weight is 251 g/mol. The molecule has 1 aromatic rings. The van der Waals surface area contributed by atoms with Gasteiger partial charge in [0.05, 0.1) is 6.10 Å². The minimum Gasteiger partial charge on any atom is -0.378 e. The normalized spacial score (nSPS) is 23.6. The van der Waals surface area contributed by atoms with Gasteiger partial charge in [-0.2, -0.15) is 0 Å². The molecule has 92 valence electrons. The van der Waals surface area contributed by atoms with Crippen LogP contribution in [-0.4, -0.2) is 25.2 Å². The van der Waals surface area contributed by atoms with E-state index in [0.717, 1.165) is 17.9 Å². The summed E-state index contributed by atoms with van der Waals surface area (Å²) in [5.41, 5.74) is 0.657. The van der Waals surface area contributed by atoms with Gasteiger partial charge in [-0.3, -0.25) is 4.79 Å². The highest BCUT2D eigenvalue weighted by molar-refractivity contribution is 7.80. The van der Waals surface area contributed by atoms with Crippen molar-refractivity contribution in [1.29, 1.82) is 0 Å². The van der Waals surface area contributed by atoms with Gasteiger partial charge in [-0.05, 0) is 31.5 Å². The van der Waals surface area contributed by atoms with Gasteiger partial charge < -0.3 is 10.1 Å². The van der Waals surface area contributed by atoms with Crippen molar-refractivity contribution in [3.63, 3.8) is 0 Å². The lowest BCUT2D eigenvalue weighted by Gasteiger charge is -2.14. The number of carbonyl (C=O) groups excluding carboxylic acids is 1. The number of rotatable bonds is 3. The summed E-state index contributed by atoms with van der Waals surface area (Å²) in [6.45, 7) is 3.53. The number of nitrogens with one attached hydrogen (secondary N) is 1. The summed E-state index contributed by atoms with van der Waals surface area (Å²) in [6, 6.07) is 7.25. The molecular formula is C13H17NO2S. The molecule has 1 aromatic carbocycles. The molecule has 0 saturated carbocycles. The maximum absolute atomic E-state index is 11.9. The molecule has 17 heavy (non-hydrogen) atoms. The molecule has 2 atom stereocenters. The van der Waals surface area contributed by atoms with Crippen molar-refractivity contribution in [3.05, 3.63) is 29.8 Å². The van der Waals surface area contributed by atoms with Crippen molar-refractivity contribution in [1.82, 2.24) is 5.32 Å². The lowest BCUT2D eigenvalue weighted by Crippen LogP contribution is -2.31. The quantitative estimate of drug-likeness (QED) is 0.808. The first kappa shape index (κ1) is 12.5. The van der Waals surface area contributed by atoms with E-state index in [1.165, 1.54) is 0 Å². The van der Waals surface area contributed by atoms with Crippen LogP contribution in [-0.2, 0) is 4.74 Å². The molecule has 2 rings (SSSR count). The number of amides is 1. The van der Waals surface area contributed by atoms with Gasteiger partial charge >= 0.3 is 0 Å². The molecule has 3 nitrogen and oxygen atoms in total. The van der Waals surface area contributed by atoms with Crippen molar-refractivity contribution in [2.24, 2.45) is 5.92 Å². The molecule has 1 amide bonds. The number of carbonyl (C=O) groups is 1. The smallest absolute Gasteiger partial charge is 0.251 e. The fourth-order valence-electron chi connectivity index (χ4n) is 2.02. The molecule has 0 spiro atoms. The zero-order valence-corrected chi connectivity index (χ0v) is 10.7. The van der Waals surface area contributed by atoms with E-state index in [4.69, 9.17) is 4.74 Å². The fraction of sp³-hybridized carbons (Fsp3) is 0.462. The van der Waals surface area contributed by atoms with Gasteiger partial charge in [-0.1, -0.05) is 6.07 Å². The lowest BCUT2D eigenvalue weighted by molar-refractivity contribution is 0.0907. The van der Waals surface area contributed by atoms with E-state index in [1.807, 2.05) is 12.1 Å². The summed E-state index contributed by atoms with van der Waals surface area (Å²) >= 11 is 4.22. The zero-order valence-electron chi connectivity index (χ0n) is 9.85. The Morgan fingerprint density at radius 2 is 2.41 bits per heavy atom. The molecule has 1 aliphatic heterocycles. The van der Waals surface area contributed by atoms with E-state index < -0.39 is 0 Å². The Hall–Kier alpha value is -1.00. The minimum atomic E-state index is -0.0417. The maximum atomic E-state index is 11.9. The topological polar surface area (TPSA) is 38.3 Å². The number of hydrogen-bond donors (Lipinski definition) is 2. The highest BCUT2D eigenvalue weighted by Crippen LogP contribution is 2.19. The lowest BCUT2D eigenvalue weighted by atomic mass is 10.0. The SMILES string of the molecule is CC1OCCC1CNC(=O)c1cccc(S)c1. The van der Waals surface area contributed by atoms with Crippen molar-refractivity contribution >= 4 is 18.5 Å². The first-order valence-electron chi connectivity index (χ1n) is 5.85. The highest BCUT2D eigenvalue weighted by atomic mass is 32.1. The van der Waals surface area contributed by atoms with E-state index in [9.17, 15) is 4.79 Å². The Balaban J connectivity index is 1.89. The van der Waals surface area contributed by atoms with Crippen LogP contribution < -0.4 is 5.32 Å². The Labute approximate surface area is 107 Å². The zero-order chi connectivity index (χ0) is 12.3. The van der Waals surface area contributed by atoms with Gasteiger partial charge in [0.1, 0.15) is 0 Å². The molecule has 0 bridgehead atoms. The fourth-order valence-corrected chi connectivity index (χ4v) is 2.24. The van der Waals surface area contributed by atoms with Gasteiger partial charge in [0, 0.05) is 29.5 Å². The molecule has 2 unspecified atom stereocenters. The van der Waals surface area contributed by atoms with E-state index in [1.54, 1.807) is 12.1 Å². The second-order valence-corrected chi connectivity index (χ2v) is 4.90. The standard InChI is InChI=1S/C13H17NO2S/c1-9-11(5-6-16-9)8-14-13(15)10-3-2-4-12(17)7-10/h2-4,7,9,11,17H,5-6,8H2,1H3,(H,14,15). The molecule has 1 aliphatic rings. The number of hydrogen-bond acceptors (Lipinski definition) is 3. The summed E-state index contributed by atoms with van der Waals surface area (Å²) in [4.78, 5) is 12.7. The molecule has 1 fully saturated rings. The summed E-state index contributed by atoms with van der Waals surface area (Å²) in [5, 5.41) is 2.95. The molecule has 0 radical (unpaired) electrons. The van der Waals surface area contributed by atoms with Crippen LogP contribution in [0.1, 0.15) is 23.7 Å². The third kappa shape index (κ3) is 3.23. The number of benzene rings is 1. The number of ether oxygens (including phenoxy) is 1. The van der Waals surface area contributed by atoms with Gasteiger partial charge in [-0.15, -0.1) is 12.6 Å². The molecule has 0 aromatic heterocycles. The highest BCUT2D eigenvalue weighted by Gasteiger charge is 2.24. The summed E-state index contributed by atoms with van der Waals surface area (Å²) in [5.74, 6) is 0.387. The Kier molecular flexibility index (Phi) is 4.07. The Morgan fingerprint density at radius 3 is 3.06 bits per heavy atom. The van der Waals surface area contributed by atoms with Crippen LogP contribution in [0, 0.1) is 5.92 Å². The summed E-state index contributed by atoms with van der Waals surface area (Å²) in [6.07, 6.45) is 1.26. The summed E-state index contributed by atoms with van der Waals surface area (Å²) < 4.78 is 5.46. The molecule has 1 heterocycles. The Bertz CT molecular complexity index is 408. The molecule has 4 heteroatoms. The predicted octanol–water partition coefficient (Wildman–Crippen LogP) is 2.13. The molecule has 1 N–H and O–H groups in total. The van der Waals surface area contributed by atoms with E-state index in [2.05, 4.69) is 24.9 Å². The average Bonchev–Trinajstić information content (AvgIpc) is 2.72. The van der Waals surface area contributed by atoms with Crippen LogP contribution in [0.5, 0.6) is 0 Å². The third-order valence-electron chi connectivity index (χ3n) is 3.17. The van der Waals surface area contributed by atoms with E-state index in [-0.39, 0.29) is 12.0 Å².